The van der Waals surface area contributed by atoms with Crippen molar-refractivity contribution in [3.8, 4) is 0 Å². The number of halogens is 1. The summed E-state index contributed by atoms with van der Waals surface area (Å²) < 4.78 is 0. The fraction of sp³-hybridized carbons (Fsp3) is 0.440. The molecule has 2 unspecified atom stereocenters. The molecule has 0 saturated heterocycles. The second kappa shape index (κ2) is 12.8. The summed E-state index contributed by atoms with van der Waals surface area (Å²) >= 11 is 7.76. The van der Waals surface area contributed by atoms with E-state index in [0.29, 0.717) is 29.5 Å². The van der Waals surface area contributed by atoms with Gasteiger partial charge in [0, 0.05) is 23.4 Å². The highest BCUT2D eigenvalue weighted by molar-refractivity contribution is 7.99. The zero-order valence-corrected chi connectivity index (χ0v) is 20.4. The lowest BCUT2D eigenvalue weighted by Gasteiger charge is -2.31. The standard InChI is InChI=1S/C25H33ClN2O2S/c1-5-19(4)27-25(30)23(6-2)28(15-20-13-11-18(3)12-14-20)24(29)17-31-16-21-9-7-8-10-22(21)26/h7-14,19,23H,5-6,15-17H2,1-4H3,(H,27,30). The summed E-state index contributed by atoms with van der Waals surface area (Å²) in [5, 5.41) is 3.75. The second-order valence-electron chi connectivity index (χ2n) is 7.83. The van der Waals surface area contributed by atoms with Crippen molar-refractivity contribution in [3.63, 3.8) is 0 Å². The molecular formula is C25H33ClN2O2S. The van der Waals surface area contributed by atoms with Gasteiger partial charge in [0.25, 0.3) is 0 Å². The normalized spacial score (nSPS) is 12.8. The van der Waals surface area contributed by atoms with Crippen LogP contribution in [-0.2, 0) is 21.9 Å². The SMILES string of the molecule is CCC(C)NC(=O)C(CC)N(Cc1ccc(C)cc1)C(=O)CSCc1ccccc1Cl. The number of rotatable bonds is 11. The largest absolute Gasteiger partial charge is 0.352 e. The van der Waals surface area contributed by atoms with Crippen LogP contribution in [0.3, 0.4) is 0 Å². The molecule has 0 radical (unpaired) electrons. The Labute approximate surface area is 195 Å². The van der Waals surface area contributed by atoms with Gasteiger partial charge < -0.3 is 10.2 Å². The summed E-state index contributed by atoms with van der Waals surface area (Å²) in [5.41, 5.74) is 3.19. The maximum Gasteiger partial charge on any atom is 0.243 e. The Morgan fingerprint density at radius 3 is 2.35 bits per heavy atom. The van der Waals surface area contributed by atoms with Crippen molar-refractivity contribution in [1.29, 1.82) is 0 Å². The van der Waals surface area contributed by atoms with Crippen molar-refractivity contribution in [1.82, 2.24) is 10.2 Å². The third kappa shape index (κ3) is 7.89. The van der Waals surface area contributed by atoms with Crippen molar-refractivity contribution in [2.24, 2.45) is 0 Å². The lowest BCUT2D eigenvalue weighted by molar-refractivity contribution is -0.139. The molecule has 0 saturated carbocycles. The molecule has 6 heteroatoms. The summed E-state index contributed by atoms with van der Waals surface area (Å²) in [7, 11) is 0. The number of thioether (sulfide) groups is 1. The van der Waals surface area contributed by atoms with Crippen molar-refractivity contribution in [2.75, 3.05) is 5.75 Å². The smallest absolute Gasteiger partial charge is 0.243 e. The highest BCUT2D eigenvalue weighted by Gasteiger charge is 2.29. The maximum absolute atomic E-state index is 13.2. The van der Waals surface area contributed by atoms with Crippen molar-refractivity contribution in [2.45, 2.75) is 64.9 Å². The quantitative estimate of drug-likeness (QED) is 0.474. The molecule has 0 aliphatic carbocycles. The van der Waals surface area contributed by atoms with Crippen LogP contribution in [0.2, 0.25) is 5.02 Å². The van der Waals surface area contributed by atoms with Gasteiger partial charge in [0.1, 0.15) is 6.04 Å². The van der Waals surface area contributed by atoms with Crippen LogP contribution < -0.4 is 5.32 Å². The van der Waals surface area contributed by atoms with E-state index in [1.54, 1.807) is 4.90 Å². The van der Waals surface area contributed by atoms with Gasteiger partial charge in [-0.2, -0.15) is 0 Å². The first-order valence-electron chi connectivity index (χ1n) is 10.8. The molecular weight excluding hydrogens is 428 g/mol. The van der Waals surface area contributed by atoms with Crippen LogP contribution in [0.15, 0.2) is 48.5 Å². The van der Waals surface area contributed by atoms with Crippen LogP contribution in [0.1, 0.15) is 50.3 Å². The number of aryl methyl sites for hydroxylation is 1. The molecule has 168 valence electrons. The molecule has 2 aromatic rings. The molecule has 2 rings (SSSR count). The zero-order valence-electron chi connectivity index (χ0n) is 18.9. The summed E-state index contributed by atoms with van der Waals surface area (Å²) in [4.78, 5) is 27.9. The van der Waals surface area contributed by atoms with Gasteiger partial charge in [-0.25, -0.2) is 0 Å². The van der Waals surface area contributed by atoms with E-state index < -0.39 is 6.04 Å². The van der Waals surface area contributed by atoms with Crippen LogP contribution in [0.4, 0.5) is 0 Å². The first kappa shape index (κ1) is 25.3. The van der Waals surface area contributed by atoms with Gasteiger partial charge in [-0.1, -0.05) is 73.5 Å². The number of benzene rings is 2. The molecule has 2 amide bonds. The number of hydrogen-bond donors (Lipinski definition) is 1. The number of carbonyl (C=O) groups excluding carboxylic acids is 2. The van der Waals surface area contributed by atoms with Gasteiger partial charge >= 0.3 is 0 Å². The molecule has 2 aromatic carbocycles. The summed E-state index contributed by atoms with van der Waals surface area (Å²) in [6, 6.07) is 15.3. The van der Waals surface area contributed by atoms with Gasteiger partial charge in [-0.15, -0.1) is 11.8 Å². The number of hydrogen-bond acceptors (Lipinski definition) is 3. The molecule has 0 aromatic heterocycles. The van der Waals surface area contributed by atoms with E-state index in [4.69, 9.17) is 11.6 Å². The van der Waals surface area contributed by atoms with E-state index >= 15 is 0 Å². The van der Waals surface area contributed by atoms with Crippen molar-refractivity contribution < 1.29 is 9.59 Å². The lowest BCUT2D eigenvalue weighted by Crippen LogP contribution is -2.51. The van der Waals surface area contributed by atoms with Crippen molar-refractivity contribution >= 4 is 35.2 Å². The predicted octanol–water partition coefficient (Wildman–Crippen LogP) is 5.60. The summed E-state index contributed by atoms with van der Waals surface area (Å²) in [6.45, 7) is 8.42. The Kier molecular flexibility index (Phi) is 10.4. The predicted molar refractivity (Wildman–Crippen MR) is 131 cm³/mol. The van der Waals surface area contributed by atoms with E-state index in [1.165, 1.54) is 17.3 Å². The molecule has 0 aliphatic heterocycles. The lowest BCUT2D eigenvalue weighted by atomic mass is 10.1. The Bertz CT molecular complexity index is 857. The topological polar surface area (TPSA) is 49.4 Å². The number of nitrogens with one attached hydrogen (secondary N) is 1. The van der Waals surface area contributed by atoms with Gasteiger partial charge in [0.05, 0.1) is 5.75 Å². The Hall–Kier alpha value is -1.98. The van der Waals surface area contributed by atoms with E-state index in [0.717, 1.165) is 17.5 Å². The van der Waals surface area contributed by atoms with Crippen LogP contribution in [0.25, 0.3) is 0 Å². The first-order valence-corrected chi connectivity index (χ1v) is 12.4. The Balaban J connectivity index is 2.14. The van der Waals surface area contributed by atoms with Crippen LogP contribution >= 0.6 is 23.4 Å². The van der Waals surface area contributed by atoms with Crippen LogP contribution in [0, 0.1) is 6.92 Å². The van der Waals surface area contributed by atoms with Gasteiger partial charge in [0.2, 0.25) is 11.8 Å². The third-order valence-corrected chi connectivity index (χ3v) is 6.64. The average molecular weight is 461 g/mol. The van der Waals surface area contributed by atoms with E-state index in [9.17, 15) is 9.59 Å². The van der Waals surface area contributed by atoms with Gasteiger partial charge in [-0.05, 0) is 43.9 Å². The summed E-state index contributed by atoms with van der Waals surface area (Å²) in [5.74, 6) is 0.821. The highest BCUT2D eigenvalue weighted by Crippen LogP contribution is 2.22. The monoisotopic (exact) mass is 460 g/mol. The number of carbonyl (C=O) groups is 2. The first-order chi connectivity index (χ1) is 14.8. The van der Waals surface area contributed by atoms with Crippen LogP contribution in [-0.4, -0.2) is 34.6 Å². The molecule has 0 spiro atoms. The van der Waals surface area contributed by atoms with Gasteiger partial charge in [-0.3, -0.25) is 9.59 Å². The van der Waals surface area contributed by atoms with E-state index in [2.05, 4.69) is 5.32 Å². The minimum atomic E-state index is -0.497. The molecule has 0 heterocycles. The second-order valence-corrected chi connectivity index (χ2v) is 9.23. The minimum Gasteiger partial charge on any atom is -0.352 e. The van der Waals surface area contributed by atoms with E-state index in [-0.39, 0.29) is 17.9 Å². The highest BCUT2D eigenvalue weighted by atomic mass is 35.5. The number of nitrogens with zero attached hydrogens (tertiary/aromatic N) is 1. The van der Waals surface area contributed by atoms with Gasteiger partial charge in [0.15, 0.2) is 0 Å². The molecule has 0 fully saturated rings. The minimum absolute atomic E-state index is 0.0382. The Morgan fingerprint density at radius 1 is 1.06 bits per heavy atom. The van der Waals surface area contributed by atoms with Crippen molar-refractivity contribution in [3.05, 3.63) is 70.2 Å². The van der Waals surface area contributed by atoms with Crippen LogP contribution in [0.5, 0.6) is 0 Å². The zero-order chi connectivity index (χ0) is 22.8. The fourth-order valence-corrected chi connectivity index (χ4v) is 4.39. The molecule has 31 heavy (non-hydrogen) atoms. The Morgan fingerprint density at radius 2 is 1.74 bits per heavy atom. The molecule has 0 aliphatic rings. The third-order valence-electron chi connectivity index (χ3n) is 5.30. The molecule has 2 atom stereocenters. The maximum atomic E-state index is 13.2. The molecule has 0 bridgehead atoms. The fourth-order valence-electron chi connectivity index (χ4n) is 3.20. The molecule has 4 nitrogen and oxygen atoms in total. The summed E-state index contributed by atoms with van der Waals surface area (Å²) in [6.07, 6.45) is 1.41. The number of amides is 2. The molecule has 1 N–H and O–H groups in total. The average Bonchev–Trinajstić information content (AvgIpc) is 2.76. The van der Waals surface area contributed by atoms with E-state index in [1.807, 2.05) is 76.2 Å².